The van der Waals surface area contributed by atoms with Gasteiger partial charge in [-0.15, -0.1) is 10.2 Å². The van der Waals surface area contributed by atoms with Gasteiger partial charge in [0.1, 0.15) is 12.4 Å². The van der Waals surface area contributed by atoms with Crippen LogP contribution in [0.4, 0.5) is 0 Å². The molecule has 2 N–H and O–H groups in total. The molecule has 1 aromatic carbocycles. The molecule has 0 spiro atoms. The van der Waals surface area contributed by atoms with E-state index in [0.717, 1.165) is 29.8 Å². The summed E-state index contributed by atoms with van der Waals surface area (Å²) in [5.41, 5.74) is 2.88. The van der Waals surface area contributed by atoms with Crippen LogP contribution in [0.5, 0.6) is 0 Å². The van der Waals surface area contributed by atoms with Gasteiger partial charge in [-0.25, -0.2) is 0 Å². The second kappa shape index (κ2) is 7.97. The molecule has 7 nitrogen and oxygen atoms in total. The first-order chi connectivity index (χ1) is 12.5. The van der Waals surface area contributed by atoms with Gasteiger partial charge in [-0.3, -0.25) is 4.79 Å². The molecular formula is C19H26N4O3. The number of aryl methyl sites for hydroxylation is 2. The molecule has 0 aliphatic heterocycles. The molecule has 1 amide bonds. The molecule has 0 radical (unpaired) electrons. The molecule has 1 aromatic heterocycles. The molecule has 0 bridgehead atoms. The van der Waals surface area contributed by atoms with Gasteiger partial charge in [0.15, 0.2) is 5.82 Å². The Bertz CT molecular complexity index is 761. The van der Waals surface area contributed by atoms with E-state index in [-0.39, 0.29) is 24.5 Å². The van der Waals surface area contributed by atoms with E-state index in [1.807, 2.05) is 30.5 Å². The van der Waals surface area contributed by atoms with Crippen molar-refractivity contribution in [2.24, 2.45) is 0 Å². The van der Waals surface area contributed by atoms with E-state index >= 15 is 0 Å². The average Bonchev–Trinajstić information content (AvgIpc) is 2.97. The minimum atomic E-state index is -0.143. The van der Waals surface area contributed by atoms with Gasteiger partial charge in [0.05, 0.1) is 6.61 Å². The molecule has 0 atom stereocenters. The first-order valence-electron chi connectivity index (χ1n) is 8.92. The summed E-state index contributed by atoms with van der Waals surface area (Å²) in [6, 6.07) is 6.01. The molecule has 0 unspecified atom stereocenters. The van der Waals surface area contributed by atoms with E-state index in [1.165, 1.54) is 0 Å². The lowest BCUT2D eigenvalue weighted by atomic mass is 9.79. The van der Waals surface area contributed by atoms with Crippen molar-refractivity contribution in [2.75, 3.05) is 13.7 Å². The van der Waals surface area contributed by atoms with Crippen LogP contribution in [0.3, 0.4) is 0 Å². The third kappa shape index (κ3) is 3.94. The van der Waals surface area contributed by atoms with Crippen molar-refractivity contribution < 1.29 is 14.6 Å². The standard InChI is InChI=1S/C19H26N4O3/c1-12-6-13(2)8-15(7-12)19(25)20-16-9-14(10-16)18-22-21-17(11-24)23(18)4-5-26-3/h6-8,14,16,24H,4-5,9-11H2,1-3H3,(H,20,25). The number of carbonyl (C=O) groups excluding carboxylic acids is 1. The van der Waals surface area contributed by atoms with Gasteiger partial charge in [-0.2, -0.15) is 0 Å². The number of rotatable bonds is 7. The molecule has 7 heteroatoms. The van der Waals surface area contributed by atoms with E-state index in [4.69, 9.17) is 4.74 Å². The molecule has 140 valence electrons. The number of amides is 1. The average molecular weight is 358 g/mol. The lowest BCUT2D eigenvalue weighted by Crippen LogP contribution is -2.44. The van der Waals surface area contributed by atoms with Crippen LogP contribution < -0.4 is 5.32 Å². The number of carbonyl (C=O) groups is 1. The molecular weight excluding hydrogens is 332 g/mol. The summed E-state index contributed by atoms with van der Waals surface area (Å²) in [5, 5.41) is 20.8. The van der Waals surface area contributed by atoms with Crippen molar-refractivity contribution in [3.63, 3.8) is 0 Å². The summed E-state index contributed by atoms with van der Waals surface area (Å²) in [7, 11) is 1.64. The van der Waals surface area contributed by atoms with Crippen LogP contribution in [0.1, 0.15) is 51.9 Å². The predicted octanol–water partition coefficient (Wildman–Crippen LogP) is 1.71. The van der Waals surface area contributed by atoms with Crippen molar-refractivity contribution in [3.8, 4) is 0 Å². The molecule has 1 heterocycles. The summed E-state index contributed by atoms with van der Waals surface area (Å²) in [6.45, 7) is 5.00. The number of methoxy groups -OCH3 is 1. The van der Waals surface area contributed by atoms with Crippen LogP contribution in [0.25, 0.3) is 0 Å². The Morgan fingerprint density at radius 3 is 2.58 bits per heavy atom. The number of benzene rings is 1. The molecule has 1 fully saturated rings. The first-order valence-corrected chi connectivity index (χ1v) is 8.92. The smallest absolute Gasteiger partial charge is 0.251 e. The maximum absolute atomic E-state index is 12.5. The minimum absolute atomic E-state index is 0.0304. The van der Waals surface area contributed by atoms with E-state index < -0.39 is 0 Å². The van der Waals surface area contributed by atoms with E-state index in [1.54, 1.807) is 7.11 Å². The van der Waals surface area contributed by atoms with Crippen LogP contribution in [0.15, 0.2) is 18.2 Å². The molecule has 2 aromatic rings. The van der Waals surface area contributed by atoms with Gasteiger partial charge in [0.2, 0.25) is 0 Å². The highest BCUT2D eigenvalue weighted by Gasteiger charge is 2.35. The normalized spacial score (nSPS) is 19.2. The van der Waals surface area contributed by atoms with Gasteiger partial charge in [0, 0.05) is 31.2 Å². The number of hydrogen-bond donors (Lipinski definition) is 2. The molecule has 1 aliphatic carbocycles. The highest BCUT2D eigenvalue weighted by Crippen LogP contribution is 2.36. The Hall–Kier alpha value is -2.25. The topological polar surface area (TPSA) is 89.3 Å². The number of nitrogens with one attached hydrogen (secondary N) is 1. The monoisotopic (exact) mass is 358 g/mol. The highest BCUT2D eigenvalue weighted by molar-refractivity contribution is 5.94. The quantitative estimate of drug-likeness (QED) is 0.786. The van der Waals surface area contributed by atoms with Crippen LogP contribution in [-0.2, 0) is 17.9 Å². The lowest BCUT2D eigenvalue weighted by Gasteiger charge is -2.35. The summed E-state index contributed by atoms with van der Waals surface area (Å²) in [4.78, 5) is 12.5. The zero-order valence-electron chi connectivity index (χ0n) is 15.5. The number of aromatic nitrogens is 3. The van der Waals surface area contributed by atoms with Gasteiger partial charge in [-0.1, -0.05) is 17.2 Å². The lowest BCUT2D eigenvalue weighted by molar-refractivity contribution is 0.0906. The van der Waals surface area contributed by atoms with Gasteiger partial charge in [-0.05, 0) is 38.8 Å². The maximum Gasteiger partial charge on any atom is 0.251 e. The van der Waals surface area contributed by atoms with E-state index in [9.17, 15) is 9.90 Å². The molecule has 3 rings (SSSR count). The Kier molecular flexibility index (Phi) is 5.68. The fourth-order valence-corrected chi connectivity index (χ4v) is 3.52. The second-order valence-corrected chi connectivity index (χ2v) is 6.99. The maximum atomic E-state index is 12.5. The van der Waals surface area contributed by atoms with Crippen molar-refractivity contribution in [3.05, 3.63) is 46.5 Å². The molecule has 1 aliphatic rings. The predicted molar refractivity (Wildman–Crippen MR) is 97.0 cm³/mol. The largest absolute Gasteiger partial charge is 0.388 e. The number of aliphatic hydroxyl groups excluding tert-OH is 1. The van der Waals surface area contributed by atoms with E-state index in [2.05, 4.69) is 21.6 Å². The zero-order valence-corrected chi connectivity index (χ0v) is 15.5. The van der Waals surface area contributed by atoms with Crippen LogP contribution in [-0.4, -0.2) is 45.5 Å². The molecule has 1 saturated carbocycles. The SMILES string of the molecule is COCCn1c(CO)nnc1C1CC(NC(=O)c2cc(C)cc(C)c2)C1. The van der Waals surface area contributed by atoms with Crippen LogP contribution in [0, 0.1) is 13.8 Å². The molecule has 26 heavy (non-hydrogen) atoms. The summed E-state index contributed by atoms with van der Waals surface area (Å²) in [6.07, 6.45) is 1.65. The van der Waals surface area contributed by atoms with Crippen LogP contribution >= 0.6 is 0 Å². The third-order valence-corrected chi connectivity index (χ3v) is 4.84. The summed E-state index contributed by atoms with van der Waals surface area (Å²) >= 11 is 0. The minimum Gasteiger partial charge on any atom is -0.388 e. The van der Waals surface area contributed by atoms with E-state index in [0.29, 0.717) is 24.5 Å². The second-order valence-electron chi connectivity index (χ2n) is 6.99. The van der Waals surface area contributed by atoms with Gasteiger partial charge < -0.3 is 19.7 Å². The first kappa shape index (κ1) is 18.5. The van der Waals surface area contributed by atoms with Crippen molar-refractivity contribution in [1.82, 2.24) is 20.1 Å². The number of nitrogens with zero attached hydrogens (tertiary/aromatic N) is 3. The Morgan fingerprint density at radius 2 is 1.96 bits per heavy atom. The summed E-state index contributed by atoms with van der Waals surface area (Å²) < 4.78 is 7.05. The third-order valence-electron chi connectivity index (χ3n) is 4.84. The number of aliphatic hydroxyl groups is 1. The number of hydrogen-bond acceptors (Lipinski definition) is 5. The highest BCUT2D eigenvalue weighted by atomic mass is 16.5. The summed E-state index contributed by atoms with van der Waals surface area (Å²) in [5.74, 6) is 1.63. The fraction of sp³-hybridized carbons (Fsp3) is 0.526. The van der Waals surface area contributed by atoms with Crippen molar-refractivity contribution in [1.29, 1.82) is 0 Å². The fourth-order valence-electron chi connectivity index (χ4n) is 3.52. The van der Waals surface area contributed by atoms with Gasteiger partial charge >= 0.3 is 0 Å². The van der Waals surface area contributed by atoms with Crippen molar-refractivity contribution in [2.45, 2.75) is 51.8 Å². The van der Waals surface area contributed by atoms with Crippen molar-refractivity contribution >= 4 is 5.91 Å². The zero-order chi connectivity index (χ0) is 18.7. The van der Waals surface area contributed by atoms with Gasteiger partial charge in [0.25, 0.3) is 5.91 Å². The Labute approximate surface area is 153 Å². The van der Waals surface area contributed by atoms with Crippen LogP contribution in [0.2, 0.25) is 0 Å². The Balaban J connectivity index is 1.60. The number of ether oxygens (including phenoxy) is 1. The Morgan fingerprint density at radius 1 is 1.27 bits per heavy atom. The molecule has 0 saturated heterocycles.